The molecule has 0 aliphatic rings. The first kappa shape index (κ1) is 18.7. The van der Waals surface area contributed by atoms with Crippen molar-refractivity contribution < 1.29 is 19.2 Å². The molecule has 132 valence electrons. The number of benzene rings is 2. The Kier molecular flexibility index (Phi) is 6.76. The Morgan fingerprint density at radius 1 is 1.32 bits per heavy atom. The molecule has 0 saturated carbocycles. The summed E-state index contributed by atoms with van der Waals surface area (Å²) in [6, 6.07) is 9.83. The Bertz CT molecular complexity index is 780. The molecule has 2 aromatic rings. The number of methoxy groups -OCH3 is 1. The van der Waals surface area contributed by atoms with Crippen molar-refractivity contribution in [3.63, 3.8) is 0 Å². The molecular formula is C17H17BrN2O5. The van der Waals surface area contributed by atoms with E-state index in [0.29, 0.717) is 23.7 Å². The van der Waals surface area contributed by atoms with Gasteiger partial charge in [0.1, 0.15) is 6.61 Å². The lowest BCUT2D eigenvalue weighted by atomic mass is 10.2. The minimum Gasteiger partial charge on any atom is -0.492 e. The fourth-order valence-electron chi connectivity index (χ4n) is 2.09. The predicted molar refractivity (Wildman–Crippen MR) is 97.3 cm³/mol. The van der Waals surface area contributed by atoms with E-state index in [2.05, 4.69) is 21.1 Å². The highest BCUT2D eigenvalue weighted by atomic mass is 79.9. The summed E-state index contributed by atoms with van der Waals surface area (Å²) in [4.78, 5) is 15.5. The van der Waals surface area contributed by atoms with Gasteiger partial charge in [0.25, 0.3) is 5.69 Å². The van der Waals surface area contributed by atoms with Gasteiger partial charge in [0.15, 0.2) is 11.5 Å². The molecule has 0 spiro atoms. The highest BCUT2D eigenvalue weighted by Gasteiger charge is 2.10. The summed E-state index contributed by atoms with van der Waals surface area (Å²) in [6.07, 6.45) is 1.53. The highest BCUT2D eigenvalue weighted by molar-refractivity contribution is 9.10. The lowest BCUT2D eigenvalue weighted by molar-refractivity contribution is -0.384. The normalized spacial score (nSPS) is 10.7. The summed E-state index contributed by atoms with van der Waals surface area (Å²) in [5, 5.41) is 14.6. The zero-order valence-corrected chi connectivity index (χ0v) is 15.4. The second kappa shape index (κ2) is 9.03. The van der Waals surface area contributed by atoms with E-state index >= 15 is 0 Å². The molecular weight excluding hydrogens is 392 g/mol. The van der Waals surface area contributed by atoms with E-state index in [-0.39, 0.29) is 12.3 Å². The molecule has 0 saturated heterocycles. The molecule has 0 aromatic heterocycles. The highest BCUT2D eigenvalue weighted by Crippen LogP contribution is 2.36. The van der Waals surface area contributed by atoms with Crippen LogP contribution in [0, 0.1) is 10.1 Å². The maximum absolute atomic E-state index is 10.7. The van der Waals surface area contributed by atoms with E-state index < -0.39 is 4.92 Å². The molecule has 2 aromatic carbocycles. The minimum atomic E-state index is -0.448. The topological polar surface area (TPSA) is 83.2 Å². The summed E-state index contributed by atoms with van der Waals surface area (Å²) in [7, 11) is 1.57. The standard InChI is InChI=1S/C17H17BrN2O5/c1-3-24-16-9-13(8-15(18)17(16)23-2)10-19-25-11-12-5-4-6-14(7-12)20(21)22/h4-10H,3,11H2,1-2H3/b19-10-. The molecule has 7 nitrogen and oxygen atoms in total. The first-order valence-electron chi connectivity index (χ1n) is 7.44. The molecule has 0 aliphatic heterocycles. The van der Waals surface area contributed by atoms with Crippen molar-refractivity contribution in [1.82, 2.24) is 0 Å². The summed E-state index contributed by atoms with van der Waals surface area (Å²) in [5.74, 6) is 1.20. The Morgan fingerprint density at radius 3 is 2.80 bits per heavy atom. The molecule has 0 radical (unpaired) electrons. The van der Waals surface area contributed by atoms with E-state index in [1.165, 1.54) is 18.3 Å². The van der Waals surface area contributed by atoms with Crippen LogP contribution in [0.4, 0.5) is 5.69 Å². The SMILES string of the molecule is CCOc1cc(/C=N\OCc2cccc([N+](=O)[O-])c2)cc(Br)c1OC. The molecule has 0 amide bonds. The van der Waals surface area contributed by atoms with Gasteiger partial charge in [-0.15, -0.1) is 0 Å². The van der Waals surface area contributed by atoms with Crippen molar-refractivity contribution in [2.24, 2.45) is 5.16 Å². The Balaban J connectivity index is 2.04. The van der Waals surface area contributed by atoms with Gasteiger partial charge < -0.3 is 14.3 Å². The predicted octanol–water partition coefficient (Wildman–Crippen LogP) is 4.32. The largest absolute Gasteiger partial charge is 0.492 e. The maximum atomic E-state index is 10.7. The zero-order chi connectivity index (χ0) is 18.2. The molecule has 25 heavy (non-hydrogen) atoms. The molecule has 0 unspecified atom stereocenters. The zero-order valence-electron chi connectivity index (χ0n) is 13.8. The van der Waals surface area contributed by atoms with Crippen LogP contribution in [0.3, 0.4) is 0 Å². The van der Waals surface area contributed by atoms with Crippen molar-refractivity contribution in [2.45, 2.75) is 13.5 Å². The van der Waals surface area contributed by atoms with Crippen LogP contribution in [0.2, 0.25) is 0 Å². The van der Waals surface area contributed by atoms with Crippen LogP contribution >= 0.6 is 15.9 Å². The lowest BCUT2D eigenvalue weighted by Gasteiger charge is -2.11. The summed E-state index contributed by atoms with van der Waals surface area (Å²) in [6.45, 7) is 2.52. The van der Waals surface area contributed by atoms with Crippen LogP contribution in [0.25, 0.3) is 0 Å². The molecule has 0 heterocycles. The van der Waals surface area contributed by atoms with Gasteiger partial charge in [0, 0.05) is 17.7 Å². The van der Waals surface area contributed by atoms with Crippen molar-refractivity contribution in [1.29, 1.82) is 0 Å². The van der Waals surface area contributed by atoms with E-state index in [1.807, 2.05) is 13.0 Å². The van der Waals surface area contributed by atoms with Gasteiger partial charge in [0.2, 0.25) is 0 Å². The minimum absolute atomic E-state index is 0.0190. The van der Waals surface area contributed by atoms with Gasteiger partial charge in [-0.25, -0.2) is 0 Å². The van der Waals surface area contributed by atoms with Crippen molar-refractivity contribution in [2.75, 3.05) is 13.7 Å². The molecule has 8 heteroatoms. The summed E-state index contributed by atoms with van der Waals surface area (Å²) < 4.78 is 11.6. The van der Waals surface area contributed by atoms with Crippen LogP contribution < -0.4 is 9.47 Å². The monoisotopic (exact) mass is 408 g/mol. The van der Waals surface area contributed by atoms with Crippen LogP contribution in [0.5, 0.6) is 11.5 Å². The second-order valence-corrected chi connectivity index (χ2v) is 5.76. The quantitative estimate of drug-likeness (QED) is 0.369. The lowest BCUT2D eigenvalue weighted by Crippen LogP contribution is -1.98. The summed E-state index contributed by atoms with van der Waals surface area (Å²) in [5.41, 5.74) is 1.44. The van der Waals surface area contributed by atoms with Gasteiger partial charge in [-0.3, -0.25) is 10.1 Å². The Morgan fingerprint density at radius 2 is 2.12 bits per heavy atom. The smallest absolute Gasteiger partial charge is 0.269 e. The molecule has 0 aliphatic carbocycles. The number of nitro groups is 1. The number of nitro benzene ring substituents is 1. The maximum Gasteiger partial charge on any atom is 0.269 e. The first-order valence-corrected chi connectivity index (χ1v) is 8.23. The van der Waals surface area contributed by atoms with Crippen LogP contribution in [0.15, 0.2) is 46.0 Å². The number of non-ortho nitro benzene ring substituents is 1. The van der Waals surface area contributed by atoms with Crippen LogP contribution in [-0.4, -0.2) is 24.9 Å². The van der Waals surface area contributed by atoms with Crippen LogP contribution in [-0.2, 0) is 11.4 Å². The third-order valence-corrected chi connectivity index (χ3v) is 3.75. The van der Waals surface area contributed by atoms with Gasteiger partial charge in [-0.05, 0) is 40.5 Å². The molecule has 0 atom stereocenters. The fraction of sp³-hybridized carbons (Fsp3) is 0.235. The van der Waals surface area contributed by atoms with Gasteiger partial charge >= 0.3 is 0 Å². The van der Waals surface area contributed by atoms with Gasteiger partial charge in [0.05, 0.1) is 29.3 Å². The second-order valence-electron chi connectivity index (χ2n) is 4.90. The van der Waals surface area contributed by atoms with Gasteiger partial charge in [-0.1, -0.05) is 17.3 Å². The van der Waals surface area contributed by atoms with E-state index in [1.54, 1.807) is 25.3 Å². The number of ether oxygens (including phenoxy) is 2. The Labute approximate surface area is 153 Å². The van der Waals surface area contributed by atoms with E-state index in [0.717, 1.165) is 10.0 Å². The van der Waals surface area contributed by atoms with E-state index in [4.69, 9.17) is 14.3 Å². The van der Waals surface area contributed by atoms with Crippen LogP contribution in [0.1, 0.15) is 18.1 Å². The van der Waals surface area contributed by atoms with Crippen molar-refractivity contribution in [3.8, 4) is 11.5 Å². The Hall–Kier alpha value is -2.61. The number of halogens is 1. The molecule has 2 rings (SSSR count). The summed E-state index contributed by atoms with van der Waals surface area (Å²) >= 11 is 3.42. The number of rotatable bonds is 8. The third-order valence-electron chi connectivity index (χ3n) is 3.16. The average Bonchev–Trinajstić information content (AvgIpc) is 2.59. The third kappa shape index (κ3) is 5.18. The number of hydrogen-bond acceptors (Lipinski definition) is 6. The number of nitrogens with zero attached hydrogens (tertiary/aromatic N) is 2. The molecule has 0 N–H and O–H groups in total. The molecule has 0 fully saturated rings. The van der Waals surface area contributed by atoms with Crippen molar-refractivity contribution in [3.05, 3.63) is 62.1 Å². The average molecular weight is 409 g/mol. The number of hydrogen-bond donors (Lipinski definition) is 0. The molecule has 0 bridgehead atoms. The first-order chi connectivity index (χ1) is 12.0. The van der Waals surface area contributed by atoms with E-state index in [9.17, 15) is 10.1 Å². The number of oxime groups is 1. The fourth-order valence-corrected chi connectivity index (χ4v) is 2.71. The van der Waals surface area contributed by atoms with Gasteiger partial charge in [-0.2, -0.15) is 0 Å². The van der Waals surface area contributed by atoms with Crippen molar-refractivity contribution >= 4 is 27.8 Å².